The first-order valence-corrected chi connectivity index (χ1v) is 8.39. The fraction of sp³-hybridized carbons (Fsp3) is 0.611. The normalized spacial score (nSPS) is 27.3. The summed E-state index contributed by atoms with van der Waals surface area (Å²) in [7, 11) is 0. The predicted octanol–water partition coefficient (Wildman–Crippen LogP) is 1.67. The number of carbonyl (C=O) groups is 1. The topological polar surface area (TPSA) is 26.8 Å². The van der Waals surface area contributed by atoms with Gasteiger partial charge in [-0.1, -0.05) is 37.3 Å². The van der Waals surface area contributed by atoms with Gasteiger partial charge >= 0.3 is 0 Å². The Kier molecular flexibility index (Phi) is 4.79. The Balaban J connectivity index is 1.54. The Morgan fingerprint density at radius 2 is 1.77 bits per heavy atom. The zero-order chi connectivity index (χ0) is 15.5. The van der Waals surface area contributed by atoms with Crippen LogP contribution in [-0.4, -0.2) is 65.9 Å². The Labute approximate surface area is 133 Å². The third-order valence-electron chi connectivity index (χ3n) is 5.13. The van der Waals surface area contributed by atoms with Gasteiger partial charge in [0.15, 0.2) is 0 Å². The van der Waals surface area contributed by atoms with Crippen LogP contribution in [0.2, 0.25) is 0 Å². The second-order valence-electron chi connectivity index (χ2n) is 6.77. The lowest BCUT2D eigenvalue weighted by Gasteiger charge is -2.39. The number of hydrogen-bond donors (Lipinski definition) is 0. The molecule has 0 radical (unpaired) electrons. The lowest BCUT2D eigenvalue weighted by atomic mass is 10.0. The molecule has 0 bridgehead atoms. The minimum absolute atomic E-state index is 0.213. The fourth-order valence-corrected chi connectivity index (χ4v) is 3.86. The second kappa shape index (κ2) is 6.80. The molecule has 0 unspecified atom stereocenters. The molecule has 1 aromatic rings. The molecule has 22 heavy (non-hydrogen) atoms. The van der Waals surface area contributed by atoms with Crippen LogP contribution in [0.3, 0.4) is 0 Å². The molecule has 4 heteroatoms. The lowest BCUT2D eigenvalue weighted by molar-refractivity contribution is -0.130. The van der Waals surface area contributed by atoms with Crippen LogP contribution in [0.4, 0.5) is 0 Å². The SMILES string of the molecule is CC(=O)N1CCN([C@@H]2CN(Cc3ccccc3)C[C@H]2C)CC1. The van der Waals surface area contributed by atoms with Crippen LogP contribution in [-0.2, 0) is 11.3 Å². The van der Waals surface area contributed by atoms with Crippen molar-refractivity contribution >= 4 is 5.91 Å². The van der Waals surface area contributed by atoms with Crippen molar-refractivity contribution in [1.82, 2.24) is 14.7 Å². The quantitative estimate of drug-likeness (QED) is 0.850. The molecule has 0 aliphatic carbocycles. The highest BCUT2D eigenvalue weighted by molar-refractivity contribution is 5.73. The van der Waals surface area contributed by atoms with E-state index in [1.54, 1.807) is 6.92 Å². The van der Waals surface area contributed by atoms with E-state index < -0.39 is 0 Å². The fourth-order valence-electron chi connectivity index (χ4n) is 3.86. The van der Waals surface area contributed by atoms with E-state index >= 15 is 0 Å². The van der Waals surface area contributed by atoms with E-state index in [1.807, 2.05) is 4.90 Å². The van der Waals surface area contributed by atoms with Gasteiger partial charge in [0.05, 0.1) is 0 Å². The van der Waals surface area contributed by atoms with Crippen LogP contribution >= 0.6 is 0 Å². The maximum Gasteiger partial charge on any atom is 0.219 e. The summed E-state index contributed by atoms with van der Waals surface area (Å²) in [5.41, 5.74) is 1.40. The summed E-state index contributed by atoms with van der Waals surface area (Å²) < 4.78 is 0. The smallest absolute Gasteiger partial charge is 0.219 e. The van der Waals surface area contributed by atoms with Gasteiger partial charge in [-0.15, -0.1) is 0 Å². The summed E-state index contributed by atoms with van der Waals surface area (Å²) in [5.74, 6) is 0.914. The number of hydrogen-bond acceptors (Lipinski definition) is 3. The number of amides is 1. The minimum atomic E-state index is 0.213. The number of nitrogens with zero attached hydrogens (tertiary/aromatic N) is 3. The highest BCUT2D eigenvalue weighted by Gasteiger charge is 2.35. The molecule has 2 atom stereocenters. The van der Waals surface area contributed by atoms with Crippen molar-refractivity contribution in [2.24, 2.45) is 5.92 Å². The summed E-state index contributed by atoms with van der Waals surface area (Å²) in [6.45, 7) is 11.2. The number of rotatable bonds is 3. The van der Waals surface area contributed by atoms with Gasteiger partial charge in [-0.25, -0.2) is 0 Å². The molecule has 0 saturated carbocycles. The number of benzene rings is 1. The first-order valence-electron chi connectivity index (χ1n) is 8.39. The van der Waals surface area contributed by atoms with Crippen LogP contribution < -0.4 is 0 Å². The van der Waals surface area contributed by atoms with E-state index in [4.69, 9.17) is 0 Å². The molecule has 2 saturated heterocycles. The van der Waals surface area contributed by atoms with Crippen molar-refractivity contribution in [3.63, 3.8) is 0 Å². The van der Waals surface area contributed by atoms with Gasteiger partial charge in [0.25, 0.3) is 0 Å². The van der Waals surface area contributed by atoms with Crippen LogP contribution in [0.25, 0.3) is 0 Å². The minimum Gasteiger partial charge on any atom is -0.340 e. The van der Waals surface area contributed by atoms with Gasteiger partial charge in [-0.3, -0.25) is 14.6 Å². The van der Waals surface area contributed by atoms with Crippen molar-refractivity contribution in [3.05, 3.63) is 35.9 Å². The van der Waals surface area contributed by atoms with Crippen LogP contribution in [0.1, 0.15) is 19.4 Å². The largest absolute Gasteiger partial charge is 0.340 e. The van der Waals surface area contributed by atoms with Gasteiger partial charge in [-0.2, -0.15) is 0 Å². The summed E-state index contributed by atoms with van der Waals surface area (Å²) in [5, 5.41) is 0. The first-order chi connectivity index (χ1) is 10.6. The summed E-state index contributed by atoms with van der Waals surface area (Å²) in [6.07, 6.45) is 0. The van der Waals surface area contributed by atoms with Crippen LogP contribution in [0, 0.1) is 5.92 Å². The average Bonchev–Trinajstić information content (AvgIpc) is 2.89. The van der Waals surface area contributed by atoms with E-state index in [9.17, 15) is 4.79 Å². The van der Waals surface area contributed by atoms with Crippen LogP contribution in [0.5, 0.6) is 0 Å². The molecular weight excluding hydrogens is 274 g/mol. The molecular formula is C18H27N3O. The molecule has 0 aromatic heterocycles. The maximum absolute atomic E-state index is 11.4. The highest BCUT2D eigenvalue weighted by Crippen LogP contribution is 2.24. The van der Waals surface area contributed by atoms with Gasteiger partial charge in [0.1, 0.15) is 0 Å². The van der Waals surface area contributed by atoms with E-state index in [0.717, 1.165) is 39.3 Å². The number of carbonyl (C=O) groups excluding carboxylic acids is 1. The van der Waals surface area contributed by atoms with Gasteiger partial charge in [-0.05, 0) is 11.5 Å². The average molecular weight is 301 g/mol. The second-order valence-corrected chi connectivity index (χ2v) is 6.77. The zero-order valence-electron chi connectivity index (χ0n) is 13.7. The molecule has 0 N–H and O–H groups in total. The van der Waals surface area contributed by atoms with Gasteiger partial charge in [0, 0.05) is 58.8 Å². The first kappa shape index (κ1) is 15.5. The number of piperazine rings is 1. The van der Waals surface area contributed by atoms with Gasteiger partial charge in [0.2, 0.25) is 5.91 Å². The Bertz CT molecular complexity index is 496. The molecule has 2 heterocycles. The predicted molar refractivity (Wildman–Crippen MR) is 88.5 cm³/mol. The molecule has 0 spiro atoms. The molecule has 1 aromatic carbocycles. The summed E-state index contributed by atoms with van der Waals surface area (Å²) in [4.78, 5) is 18.6. The zero-order valence-corrected chi connectivity index (χ0v) is 13.7. The van der Waals surface area contributed by atoms with Crippen LogP contribution in [0.15, 0.2) is 30.3 Å². The highest BCUT2D eigenvalue weighted by atomic mass is 16.2. The van der Waals surface area contributed by atoms with Crippen molar-refractivity contribution in [2.45, 2.75) is 26.4 Å². The number of likely N-dealkylation sites (tertiary alicyclic amines) is 1. The molecule has 4 nitrogen and oxygen atoms in total. The molecule has 120 valence electrons. The standard InChI is InChI=1S/C18H27N3O/c1-15-12-19(13-17-6-4-3-5-7-17)14-18(15)21-10-8-20(9-11-21)16(2)22/h3-7,15,18H,8-14H2,1-2H3/t15-,18-/m1/s1. The van der Waals surface area contributed by atoms with Gasteiger partial charge < -0.3 is 4.90 Å². The molecule has 2 aliphatic heterocycles. The maximum atomic E-state index is 11.4. The van der Waals surface area contributed by atoms with Crippen molar-refractivity contribution in [2.75, 3.05) is 39.3 Å². The van der Waals surface area contributed by atoms with E-state index in [-0.39, 0.29) is 5.91 Å². The Morgan fingerprint density at radius 3 is 2.41 bits per heavy atom. The lowest BCUT2D eigenvalue weighted by Crippen LogP contribution is -2.53. The van der Waals surface area contributed by atoms with E-state index in [0.29, 0.717) is 12.0 Å². The molecule has 2 aliphatic rings. The molecule has 1 amide bonds. The van der Waals surface area contributed by atoms with Crippen molar-refractivity contribution < 1.29 is 4.79 Å². The third-order valence-corrected chi connectivity index (χ3v) is 5.13. The molecule has 3 rings (SSSR count). The third kappa shape index (κ3) is 3.50. The Morgan fingerprint density at radius 1 is 1.09 bits per heavy atom. The summed E-state index contributed by atoms with van der Waals surface area (Å²) >= 11 is 0. The van der Waals surface area contributed by atoms with E-state index in [2.05, 4.69) is 47.1 Å². The monoisotopic (exact) mass is 301 g/mol. The Hall–Kier alpha value is -1.39. The molecule has 2 fully saturated rings. The van der Waals surface area contributed by atoms with Crippen molar-refractivity contribution in [3.8, 4) is 0 Å². The van der Waals surface area contributed by atoms with Crippen molar-refractivity contribution in [1.29, 1.82) is 0 Å². The summed E-state index contributed by atoms with van der Waals surface area (Å²) in [6, 6.07) is 11.4. The van der Waals surface area contributed by atoms with E-state index in [1.165, 1.54) is 12.1 Å².